The summed E-state index contributed by atoms with van der Waals surface area (Å²) in [5.41, 5.74) is -0.452. The van der Waals surface area contributed by atoms with Crippen LogP contribution in [0.4, 0.5) is 0 Å². The molecule has 0 aromatic heterocycles. The molecule has 2 aliphatic rings. The lowest BCUT2D eigenvalue weighted by molar-refractivity contribution is -0.161. The van der Waals surface area contributed by atoms with E-state index in [-0.39, 0.29) is 24.5 Å². The van der Waals surface area contributed by atoms with Gasteiger partial charge in [0.25, 0.3) is 0 Å². The van der Waals surface area contributed by atoms with Crippen molar-refractivity contribution in [3.8, 4) is 0 Å². The van der Waals surface area contributed by atoms with Gasteiger partial charge in [0.15, 0.2) is 5.41 Å². The fraction of sp³-hybridized carbons (Fsp3) is 0.538. The molecule has 0 spiro atoms. The lowest BCUT2D eigenvalue weighted by atomic mass is 10.00. The Morgan fingerprint density at radius 1 is 1.65 bits per heavy atom. The first-order chi connectivity index (χ1) is 8.01. The maximum absolute atomic E-state index is 12.0. The molecule has 0 radical (unpaired) electrons. The van der Waals surface area contributed by atoms with E-state index in [0.29, 0.717) is 5.57 Å². The molecule has 0 N–H and O–H groups in total. The molecule has 1 aliphatic carbocycles. The van der Waals surface area contributed by atoms with Gasteiger partial charge in [-0.25, -0.2) is 0 Å². The highest BCUT2D eigenvalue weighted by atomic mass is 16.6. The van der Waals surface area contributed by atoms with E-state index in [9.17, 15) is 9.59 Å². The molecule has 0 aromatic rings. The van der Waals surface area contributed by atoms with Crippen molar-refractivity contribution in [1.29, 1.82) is 0 Å². The van der Waals surface area contributed by atoms with E-state index < -0.39 is 17.4 Å². The van der Waals surface area contributed by atoms with Gasteiger partial charge < -0.3 is 9.47 Å². The van der Waals surface area contributed by atoms with Gasteiger partial charge in [-0.2, -0.15) is 0 Å². The van der Waals surface area contributed by atoms with Crippen LogP contribution in [0.1, 0.15) is 13.8 Å². The number of rotatable bonds is 4. The van der Waals surface area contributed by atoms with E-state index in [0.717, 1.165) is 0 Å². The van der Waals surface area contributed by atoms with Gasteiger partial charge in [-0.3, -0.25) is 9.59 Å². The van der Waals surface area contributed by atoms with E-state index in [1.165, 1.54) is 0 Å². The fourth-order valence-electron chi connectivity index (χ4n) is 2.91. The zero-order valence-electron chi connectivity index (χ0n) is 10.1. The van der Waals surface area contributed by atoms with Crippen LogP contribution in [0.3, 0.4) is 0 Å². The average Bonchev–Trinajstić information content (AvgIpc) is 2.92. The molecule has 0 bridgehead atoms. The summed E-state index contributed by atoms with van der Waals surface area (Å²) in [6.07, 6.45) is 1.32. The summed E-state index contributed by atoms with van der Waals surface area (Å²) in [7, 11) is 0. The molecule has 4 heteroatoms. The quantitative estimate of drug-likeness (QED) is 0.421. The first-order valence-corrected chi connectivity index (χ1v) is 5.71. The van der Waals surface area contributed by atoms with Crippen LogP contribution in [0.15, 0.2) is 24.8 Å². The molecule has 0 aromatic carbocycles. The molecule has 2 rings (SSSR count). The molecule has 4 unspecified atom stereocenters. The number of hydrogen-bond acceptors (Lipinski definition) is 4. The zero-order chi connectivity index (χ0) is 12.8. The number of carbonyl (C=O) groups excluding carboxylic acids is 2. The molecule has 2 fully saturated rings. The number of esters is 2. The number of hydrogen-bond donors (Lipinski definition) is 0. The third kappa shape index (κ3) is 1.30. The maximum atomic E-state index is 12.0. The van der Waals surface area contributed by atoms with E-state index in [2.05, 4.69) is 13.2 Å². The van der Waals surface area contributed by atoms with Gasteiger partial charge in [0, 0.05) is 11.8 Å². The molecule has 1 saturated carbocycles. The summed E-state index contributed by atoms with van der Waals surface area (Å²) in [5, 5.41) is 0. The Morgan fingerprint density at radius 2 is 2.29 bits per heavy atom. The molecular weight excluding hydrogens is 220 g/mol. The largest absolute Gasteiger partial charge is 0.465 e. The van der Waals surface area contributed by atoms with Gasteiger partial charge in [0.1, 0.15) is 6.10 Å². The van der Waals surface area contributed by atoms with E-state index in [4.69, 9.17) is 9.47 Å². The SMILES string of the molecule is C=CC(=C)C1C2C(C)OC(=O)C12C(=O)OCC. The lowest BCUT2D eigenvalue weighted by Gasteiger charge is -2.13. The van der Waals surface area contributed by atoms with Gasteiger partial charge in [-0.15, -0.1) is 0 Å². The molecule has 1 saturated heterocycles. The summed E-state index contributed by atoms with van der Waals surface area (Å²) in [4.78, 5) is 23.9. The summed E-state index contributed by atoms with van der Waals surface area (Å²) >= 11 is 0. The van der Waals surface area contributed by atoms with Crippen molar-refractivity contribution in [2.75, 3.05) is 6.61 Å². The highest BCUT2D eigenvalue weighted by molar-refractivity contribution is 6.07. The highest BCUT2D eigenvalue weighted by Gasteiger charge is 2.82. The Labute approximate surface area is 100 Å². The second-order valence-corrected chi connectivity index (χ2v) is 4.48. The topological polar surface area (TPSA) is 52.6 Å². The Balaban J connectivity index is 2.35. The molecular formula is C13H16O4. The number of carbonyl (C=O) groups is 2. The van der Waals surface area contributed by atoms with Crippen molar-refractivity contribution in [3.05, 3.63) is 24.8 Å². The van der Waals surface area contributed by atoms with Crippen LogP contribution in [0.5, 0.6) is 0 Å². The summed E-state index contributed by atoms with van der Waals surface area (Å²) in [6, 6.07) is 0. The molecule has 1 aliphatic heterocycles. The number of ether oxygens (including phenoxy) is 2. The van der Waals surface area contributed by atoms with Gasteiger partial charge in [-0.1, -0.05) is 24.8 Å². The number of fused-ring (bicyclic) bond motifs is 1. The van der Waals surface area contributed by atoms with Crippen molar-refractivity contribution in [2.45, 2.75) is 20.0 Å². The first-order valence-electron chi connectivity index (χ1n) is 5.71. The summed E-state index contributed by atoms with van der Waals surface area (Å²) in [5.74, 6) is -1.34. The number of allylic oxidation sites excluding steroid dienone is 2. The van der Waals surface area contributed by atoms with Gasteiger partial charge in [0.2, 0.25) is 0 Å². The first kappa shape index (κ1) is 11.9. The van der Waals surface area contributed by atoms with Crippen LogP contribution in [-0.2, 0) is 19.1 Å². The van der Waals surface area contributed by atoms with Crippen molar-refractivity contribution in [1.82, 2.24) is 0 Å². The molecule has 4 atom stereocenters. The Hall–Kier alpha value is -1.58. The predicted octanol–water partition coefficient (Wildman–Crippen LogP) is 1.47. The summed E-state index contributed by atoms with van der Waals surface area (Å²) < 4.78 is 10.1. The molecule has 92 valence electrons. The van der Waals surface area contributed by atoms with Crippen LogP contribution < -0.4 is 0 Å². The maximum Gasteiger partial charge on any atom is 0.324 e. The van der Waals surface area contributed by atoms with E-state index >= 15 is 0 Å². The summed E-state index contributed by atoms with van der Waals surface area (Å²) in [6.45, 7) is 11.2. The second kappa shape index (κ2) is 3.72. The van der Waals surface area contributed by atoms with Crippen molar-refractivity contribution in [2.24, 2.45) is 17.3 Å². The lowest BCUT2D eigenvalue weighted by Crippen LogP contribution is -2.30. The van der Waals surface area contributed by atoms with Gasteiger partial charge >= 0.3 is 11.9 Å². The third-order valence-corrected chi connectivity index (χ3v) is 3.68. The van der Waals surface area contributed by atoms with Crippen LogP contribution in [0.25, 0.3) is 0 Å². The minimum Gasteiger partial charge on any atom is -0.465 e. The normalized spacial score (nSPS) is 38.0. The van der Waals surface area contributed by atoms with E-state index in [1.54, 1.807) is 19.9 Å². The number of cyclic esters (lactones) is 1. The van der Waals surface area contributed by atoms with Crippen LogP contribution in [-0.4, -0.2) is 24.6 Å². The van der Waals surface area contributed by atoms with Crippen LogP contribution >= 0.6 is 0 Å². The van der Waals surface area contributed by atoms with Crippen molar-refractivity contribution in [3.63, 3.8) is 0 Å². The van der Waals surface area contributed by atoms with Crippen LogP contribution in [0.2, 0.25) is 0 Å². The smallest absolute Gasteiger partial charge is 0.324 e. The monoisotopic (exact) mass is 236 g/mol. The average molecular weight is 236 g/mol. The molecule has 17 heavy (non-hydrogen) atoms. The minimum absolute atomic E-state index is 0.153. The molecule has 0 amide bonds. The minimum atomic E-state index is -1.15. The predicted molar refractivity (Wildman–Crippen MR) is 60.9 cm³/mol. The highest BCUT2D eigenvalue weighted by Crippen LogP contribution is 2.69. The second-order valence-electron chi connectivity index (χ2n) is 4.48. The zero-order valence-corrected chi connectivity index (χ0v) is 10.1. The van der Waals surface area contributed by atoms with E-state index in [1.807, 2.05) is 0 Å². The third-order valence-electron chi connectivity index (χ3n) is 3.68. The van der Waals surface area contributed by atoms with Crippen LogP contribution in [0, 0.1) is 17.3 Å². The molecule has 4 nitrogen and oxygen atoms in total. The Bertz CT molecular complexity index is 412. The Morgan fingerprint density at radius 3 is 2.82 bits per heavy atom. The van der Waals surface area contributed by atoms with Crippen molar-refractivity contribution < 1.29 is 19.1 Å². The molecule has 1 heterocycles. The van der Waals surface area contributed by atoms with Gasteiger partial charge in [-0.05, 0) is 13.8 Å². The van der Waals surface area contributed by atoms with Gasteiger partial charge in [0.05, 0.1) is 6.61 Å². The van der Waals surface area contributed by atoms with Crippen molar-refractivity contribution >= 4 is 11.9 Å². The fourth-order valence-corrected chi connectivity index (χ4v) is 2.91. The standard InChI is InChI=1S/C13H16O4/c1-5-7(3)9-10-8(4)17-12(15)13(9,10)11(14)16-6-2/h5,8-10H,1,3,6H2,2,4H3. The Kier molecular flexibility index (Phi) is 2.60.